The summed E-state index contributed by atoms with van der Waals surface area (Å²) >= 11 is 1.98. The maximum absolute atomic E-state index is 12.7. The van der Waals surface area contributed by atoms with Crippen molar-refractivity contribution in [2.24, 2.45) is 5.92 Å². The predicted molar refractivity (Wildman–Crippen MR) is 92.3 cm³/mol. The fraction of sp³-hybridized carbons (Fsp3) is 0.941. The molecule has 1 aliphatic carbocycles. The van der Waals surface area contributed by atoms with Crippen LogP contribution >= 0.6 is 11.8 Å². The maximum Gasteiger partial charge on any atom is 0.251 e. The highest BCUT2D eigenvalue weighted by Gasteiger charge is 2.31. The fourth-order valence-electron chi connectivity index (χ4n) is 3.62. The first-order valence-corrected chi connectivity index (χ1v) is 10.1. The van der Waals surface area contributed by atoms with Crippen LogP contribution in [0.15, 0.2) is 0 Å². The van der Waals surface area contributed by atoms with Gasteiger partial charge in [0.05, 0.1) is 12.7 Å². The predicted octanol–water partition coefficient (Wildman–Crippen LogP) is 2.21. The molecule has 0 aromatic rings. The minimum Gasteiger partial charge on any atom is -0.368 e. The summed E-state index contributed by atoms with van der Waals surface area (Å²) in [6.07, 6.45) is 7.06. The highest BCUT2D eigenvalue weighted by Crippen LogP contribution is 2.28. The molecule has 2 unspecified atom stereocenters. The smallest absolute Gasteiger partial charge is 0.251 e. The van der Waals surface area contributed by atoms with E-state index in [0.717, 1.165) is 31.8 Å². The largest absolute Gasteiger partial charge is 0.368 e. The third-order valence-electron chi connectivity index (χ3n) is 5.13. The molecule has 1 saturated carbocycles. The van der Waals surface area contributed by atoms with E-state index in [-0.39, 0.29) is 25.0 Å². The number of nitrogens with one attached hydrogen (secondary N) is 1. The van der Waals surface area contributed by atoms with Gasteiger partial charge in [0.2, 0.25) is 0 Å². The normalized spacial score (nSPS) is 34.7. The molecule has 2 saturated heterocycles. The first-order valence-electron chi connectivity index (χ1n) is 9.10. The van der Waals surface area contributed by atoms with Gasteiger partial charge in [-0.25, -0.2) is 0 Å². The van der Waals surface area contributed by atoms with E-state index in [0.29, 0.717) is 11.9 Å². The zero-order valence-electron chi connectivity index (χ0n) is 14.2. The van der Waals surface area contributed by atoms with Crippen LogP contribution in [0.4, 0.5) is 0 Å². The van der Waals surface area contributed by atoms with Crippen molar-refractivity contribution in [2.75, 3.05) is 32.1 Å². The summed E-state index contributed by atoms with van der Waals surface area (Å²) in [5.41, 5.74) is 0. The van der Waals surface area contributed by atoms with E-state index < -0.39 is 0 Å². The van der Waals surface area contributed by atoms with Gasteiger partial charge in [-0.05, 0) is 50.2 Å². The van der Waals surface area contributed by atoms with Crippen LogP contribution < -0.4 is 5.32 Å². The van der Waals surface area contributed by atoms with Crippen LogP contribution in [0.25, 0.3) is 0 Å². The van der Waals surface area contributed by atoms with Gasteiger partial charge in [-0.3, -0.25) is 10.1 Å². The summed E-state index contributed by atoms with van der Waals surface area (Å²) < 4.78 is 11.6. The molecule has 0 radical (unpaired) electrons. The monoisotopic (exact) mass is 342 g/mol. The minimum atomic E-state index is -0.265. The van der Waals surface area contributed by atoms with Gasteiger partial charge in [-0.15, -0.1) is 0 Å². The molecule has 0 bridgehead atoms. The molecule has 6 heteroatoms. The second kappa shape index (κ2) is 8.70. The number of carbonyl (C=O) groups is 1. The van der Waals surface area contributed by atoms with Crippen LogP contribution in [0.5, 0.6) is 0 Å². The average molecular weight is 343 g/mol. The van der Waals surface area contributed by atoms with Crippen LogP contribution in [0.2, 0.25) is 0 Å². The van der Waals surface area contributed by atoms with Crippen molar-refractivity contribution >= 4 is 17.7 Å². The Morgan fingerprint density at radius 2 is 2.13 bits per heavy atom. The van der Waals surface area contributed by atoms with Gasteiger partial charge in [-0.2, -0.15) is 11.8 Å². The third kappa shape index (κ3) is 5.08. The summed E-state index contributed by atoms with van der Waals surface area (Å²) in [4.78, 5) is 14.6. The Kier molecular flexibility index (Phi) is 6.62. The maximum atomic E-state index is 12.7. The van der Waals surface area contributed by atoms with Crippen LogP contribution in [0, 0.1) is 5.92 Å². The van der Waals surface area contributed by atoms with Gasteiger partial charge in [0, 0.05) is 18.3 Å². The van der Waals surface area contributed by atoms with Crippen molar-refractivity contribution in [1.82, 2.24) is 10.2 Å². The summed E-state index contributed by atoms with van der Waals surface area (Å²) in [6, 6.07) is 0. The van der Waals surface area contributed by atoms with Gasteiger partial charge in [0.15, 0.2) is 6.35 Å². The number of ether oxygens (including phenoxy) is 2. The second-order valence-electron chi connectivity index (χ2n) is 7.05. The van der Waals surface area contributed by atoms with Gasteiger partial charge in [-0.1, -0.05) is 6.92 Å². The highest BCUT2D eigenvalue weighted by molar-refractivity contribution is 8.00. The molecule has 0 spiro atoms. The molecule has 3 rings (SSSR count). The molecule has 0 aromatic carbocycles. The van der Waals surface area contributed by atoms with Crippen molar-refractivity contribution < 1.29 is 14.3 Å². The molecule has 1 N–H and O–H groups in total. The minimum absolute atomic E-state index is 0.0653. The van der Waals surface area contributed by atoms with Gasteiger partial charge in [0.25, 0.3) is 5.91 Å². The molecule has 1 amide bonds. The Morgan fingerprint density at radius 3 is 2.78 bits per heavy atom. The molecule has 2 heterocycles. The zero-order chi connectivity index (χ0) is 16.1. The Bertz CT molecular complexity index is 376. The second-order valence-corrected chi connectivity index (χ2v) is 8.46. The van der Waals surface area contributed by atoms with Crippen molar-refractivity contribution in [1.29, 1.82) is 0 Å². The van der Waals surface area contributed by atoms with Crippen LogP contribution in [0.1, 0.15) is 45.4 Å². The Labute approximate surface area is 143 Å². The number of hydrogen-bond acceptors (Lipinski definition) is 5. The van der Waals surface area contributed by atoms with E-state index in [2.05, 4.69) is 12.2 Å². The molecule has 0 aromatic heterocycles. The topological polar surface area (TPSA) is 50.8 Å². The van der Waals surface area contributed by atoms with Gasteiger partial charge >= 0.3 is 0 Å². The molecular formula is C17H30N2O3S. The van der Waals surface area contributed by atoms with E-state index >= 15 is 0 Å². The number of nitrogens with zero attached hydrogens (tertiary/aromatic N) is 1. The number of rotatable bonds is 6. The number of thioether (sulfide) groups is 1. The molecule has 132 valence electrons. The Hall–Kier alpha value is -0.300. The first kappa shape index (κ1) is 17.5. The van der Waals surface area contributed by atoms with Crippen LogP contribution in [-0.4, -0.2) is 60.6 Å². The van der Waals surface area contributed by atoms with Crippen molar-refractivity contribution in [3.8, 4) is 0 Å². The summed E-state index contributed by atoms with van der Waals surface area (Å²) in [5.74, 6) is 2.08. The van der Waals surface area contributed by atoms with Gasteiger partial charge < -0.3 is 14.4 Å². The van der Waals surface area contributed by atoms with Crippen LogP contribution in [-0.2, 0) is 14.3 Å². The molecule has 2 aliphatic heterocycles. The summed E-state index contributed by atoms with van der Waals surface area (Å²) in [7, 11) is 0. The van der Waals surface area contributed by atoms with Crippen LogP contribution in [0.3, 0.4) is 0 Å². The average Bonchev–Trinajstić information content (AvgIpc) is 3.25. The number of carbonyl (C=O) groups excluding carboxylic acids is 1. The number of amides is 1. The van der Waals surface area contributed by atoms with E-state index in [9.17, 15) is 4.79 Å². The van der Waals surface area contributed by atoms with Crippen molar-refractivity contribution in [3.63, 3.8) is 0 Å². The van der Waals surface area contributed by atoms with Crippen molar-refractivity contribution in [2.45, 2.75) is 63.2 Å². The SMILES string of the molecule is CC1CCC(OCC(=O)N(CC2CCCS2)C2NCCO2)CC1. The highest BCUT2D eigenvalue weighted by atomic mass is 32.2. The Morgan fingerprint density at radius 1 is 1.30 bits per heavy atom. The molecule has 23 heavy (non-hydrogen) atoms. The van der Waals surface area contributed by atoms with Gasteiger partial charge in [0.1, 0.15) is 6.61 Å². The Balaban J connectivity index is 1.49. The molecule has 5 nitrogen and oxygen atoms in total. The molecule has 3 fully saturated rings. The quantitative estimate of drug-likeness (QED) is 0.802. The first-order chi connectivity index (χ1) is 11.2. The van der Waals surface area contributed by atoms with E-state index in [1.54, 1.807) is 0 Å². The molecule has 3 aliphatic rings. The summed E-state index contributed by atoms with van der Waals surface area (Å²) in [5, 5.41) is 3.82. The lowest BCUT2D eigenvalue weighted by Gasteiger charge is -2.31. The zero-order valence-corrected chi connectivity index (χ0v) is 15.0. The lowest BCUT2D eigenvalue weighted by atomic mass is 9.89. The van der Waals surface area contributed by atoms with E-state index in [1.165, 1.54) is 31.4 Å². The summed E-state index contributed by atoms with van der Waals surface area (Å²) in [6.45, 7) is 4.75. The molecular weight excluding hydrogens is 312 g/mol. The van der Waals surface area contributed by atoms with E-state index in [1.807, 2.05) is 16.7 Å². The standard InChI is InChI=1S/C17H30N2O3S/c1-13-4-6-14(7-5-13)22-12-16(20)19(17-18-8-9-21-17)11-15-3-2-10-23-15/h13-15,17-18H,2-12H2,1H3. The lowest BCUT2D eigenvalue weighted by Crippen LogP contribution is -2.50. The fourth-order valence-corrected chi connectivity index (χ4v) is 4.88. The molecule has 2 atom stereocenters. The van der Waals surface area contributed by atoms with E-state index in [4.69, 9.17) is 9.47 Å². The van der Waals surface area contributed by atoms with Crippen molar-refractivity contribution in [3.05, 3.63) is 0 Å². The number of hydrogen-bond donors (Lipinski definition) is 1. The lowest BCUT2D eigenvalue weighted by molar-refractivity contribution is -0.151. The third-order valence-corrected chi connectivity index (χ3v) is 6.51.